The van der Waals surface area contributed by atoms with Crippen LogP contribution in [-0.4, -0.2) is 59.5 Å². The van der Waals surface area contributed by atoms with Crippen LogP contribution in [0, 0.1) is 5.82 Å². The molecule has 1 amide bonds. The van der Waals surface area contributed by atoms with Gasteiger partial charge in [0.1, 0.15) is 5.82 Å². The lowest BCUT2D eigenvalue weighted by Gasteiger charge is -2.36. The molecule has 1 aromatic carbocycles. The Balaban J connectivity index is 1.63. The van der Waals surface area contributed by atoms with Gasteiger partial charge in [0.25, 0.3) is 0 Å². The van der Waals surface area contributed by atoms with E-state index in [1.807, 2.05) is 6.92 Å². The third-order valence-corrected chi connectivity index (χ3v) is 5.30. The number of piperazine rings is 1. The van der Waals surface area contributed by atoms with E-state index < -0.39 is 0 Å². The Bertz CT molecular complexity index is 696. The molecule has 5 nitrogen and oxygen atoms in total. The van der Waals surface area contributed by atoms with Crippen molar-refractivity contribution in [3.8, 4) is 0 Å². The van der Waals surface area contributed by atoms with Crippen LogP contribution >= 0.6 is 11.3 Å². The van der Waals surface area contributed by atoms with Gasteiger partial charge < -0.3 is 10.2 Å². The fourth-order valence-electron chi connectivity index (χ4n) is 2.79. The SMILES string of the molecule is CCN1CCN([C@H](C)C(=O)Nc2nc3ccc(F)cc3s2)CC1. The highest BCUT2D eigenvalue weighted by molar-refractivity contribution is 7.22. The predicted molar refractivity (Wildman–Crippen MR) is 91.4 cm³/mol. The van der Waals surface area contributed by atoms with Crippen LogP contribution in [0.25, 0.3) is 10.2 Å². The second-order valence-corrected chi connectivity index (χ2v) is 6.80. The number of hydrogen-bond donors (Lipinski definition) is 1. The van der Waals surface area contributed by atoms with Gasteiger partial charge in [-0.1, -0.05) is 18.3 Å². The normalized spacial score (nSPS) is 18.2. The van der Waals surface area contributed by atoms with Crippen LogP contribution in [0.4, 0.5) is 9.52 Å². The molecule has 1 N–H and O–H groups in total. The molecule has 0 spiro atoms. The summed E-state index contributed by atoms with van der Waals surface area (Å²) < 4.78 is 14.0. The summed E-state index contributed by atoms with van der Waals surface area (Å²) in [5, 5.41) is 3.39. The monoisotopic (exact) mass is 336 g/mol. The summed E-state index contributed by atoms with van der Waals surface area (Å²) in [6, 6.07) is 4.25. The molecule has 1 aliphatic heterocycles. The average molecular weight is 336 g/mol. The van der Waals surface area contributed by atoms with Crippen molar-refractivity contribution in [3.63, 3.8) is 0 Å². The number of rotatable bonds is 4. The molecule has 1 atom stereocenters. The second-order valence-electron chi connectivity index (χ2n) is 5.77. The number of aromatic nitrogens is 1. The molecule has 7 heteroatoms. The van der Waals surface area contributed by atoms with Crippen LogP contribution in [0.1, 0.15) is 13.8 Å². The van der Waals surface area contributed by atoms with Gasteiger partial charge in [-0.2, -0.15) is 0 Å². The van der Waals surface area contributed by atoms with Crippen molar-refractivity contribution in [1.29, 1.82) is 0 Å². The summed E-state index contributed by atoms with van der Waals surface area (Å²) in [7, 11) is 0. The van der Waals surface area contributed by atoms with Gasteiger partial charge >= 0.3 is 0 Å². The van der Waals surface area contributed by atoms with Gasteiger partial charge in [0.05, 0.1) is 16.3 Å². The Morgan fingerprint density at radius 2 is 2.13 bits per heavy atom. The standard InChI is InChI=1S/C16H21FN4OS/c1-3-20-6-8-21(9-7-20)11(2)15(22)19-16-18-13-5-4-12(17)10-14(13)23-16/h4-5,10-11H,3,6-9H2,1-2H3,(H,18,19,22)/t11-/m1/s1. The van der Waals surface area contributed by atoms with Crippen LogP contribution in [-0.2, 0) is 4.79 Å². The first-order valence-corrected chi connectivity index (χ1v) is 8.72. The van der Waals surface area contributed by atoms with Gasteiger partial charge in [0, 0.05) is 26.2 Å². The lowest BCUT2D eigenvalue weighted by Crippen LogP contribution is -2.52. The van der Waals surface area contributed by atoms with Crippen LogP contribution in [0.3, 0.4) is 0 Å². The van der Waals surface area contributed by atoms with E-state index in [4.69, 9.17) is 0 Å². The van der Waals surface area contributed by atoms with E-state index in [1.165, 1.54) is 23.5 Å². The smallest absolute Gasteiger partial charge is 0.243 e. The van der Waals surface area contributed by atoms with Crippen LogP contribution < -0.4 is 5.32 Å². The molecule has 1 saturated heterocycles. The predicted octanol–water partition coefficient (Wildman–Crippen LogP) is 2.40. The molecule has 0 unspecified atom stereocenters. The van der Waals surface area contributed by atoms with Gasteiger partial charge in [-0.05, 0) is 31.7 Å². The lowest BCUT2D eigenvalue weighted by molar-refractivity contribution is -0.121. The molecular formula is C16H21FN4OS. The number of benzene rings is 1. The molecule has 1 aliphatic rings. The first-order chi connectivity index (χ1) is 11.1. The summed E-state index contributed by atoms with van der Waals surface area (Å²) in [5.74, 6) is -0.351. The molecule has 0 aliphatic carbocycles. The summed E-state index contributed by atoms with van der Waals surface area (Å²) in [6.45, 7) is 8.91. The first kappa shape index (κ1) is 16.3. The summed E-state index contributed by atoms with van der Waals surface area (Å²) in [6.07, 6.45) is 0. The number of nitrogens with zero attached hydrogens (tertiary/aromatic N) is 3. The highest BCUT2D eigenvalue weighted by atomic mass is 32.1. The van der Waals surface area contributed by atoms with E-state index in [-0.39, 0.29) is 17.8 Å². The largest absolute Gasteiger partial charge is 0.301 e. The Kier molecular flexibility index (Phi) is 4.89. The van der Waals surface area contributed by atoms with E-state index in [0.717, 1.165) is 37.4 Å². The third kappa shape index (κ3) is 3.68. The van der Waals surface area contributed by atoms with Crippen molar-refractivity contribution >= 4 is 32.6 Å². The Morgan fingerprint density at radius 1 is 1.39 bits per heavy atom. The highest BCUT2D eigenvalue weighted by Crippen LogP contribution is 2.26. The molecule has 23 heavy (non-hydrogen) atoms. The lowest BCUT2D eigenvalue weighted by atomic mass is 10.2. The van der Waals surface area contributed by atoms with Crippen molar-refractivity contribution in [1.82, 2.24) is 14.8 Å². The Morgan fingerprint density at radius 3 is 2.83 bits per heavy atom. The Labute approximate surface area is 139 Å². The number of carbonyl (C=O) groups excluding carboxylic acids is 1. The number of likely N-dealkylation sites (N-methyl/N-ethyl adjacent to an activating group) is 1. The number of carbonyl (C=O) groups is 1. The third-order valence-electron chi connectivity index (χ3n) is 4.36. The van der Waals surface area contributed by atoms with Crippen LogP contribution in [0.5, 0.6) is 0 Å². The number of anilines is 1. The minimum absolute atomic E-state index is 0.0607. The molecule has 124 valence electrons. The Hall–Kier alpha value is -1.57. The molecule has 2 heterocycles. The van der Waals surface area contributed by atoms with Crippen molar-refractivity contribution < 1.29 is 9.18 Å². The number of amides is 1. The molecule has 0 saturated carbocycles. The van der Waals surface area contributed by atoms with Crippen LogP contribution in [0.2, 0.25) is 0 Å². The van der Waals surface area contributed by atoms with E-state index in [1.54, 1.807) is 6.07 Å². The molecule has 1 fully saturated rings. The molecule has 0 radical (unpaired) electrons. The van der Waals surface area contributed by atoms with Gasteiger partial charge in [0.2, 0.25) is 5.91 Å². The van der Waals surface area contributed by atoms with Crippen molar-refractivity contribution in [2.75, 3.05) is 38.0 Å². The number of hydrogen-bond acceptors (Lipinski definition) is 5. The highest BCUT2D eigenvalue weighted by Gasteiger charge is 2.25. The molecule has 0 bridgehead atoms. The number of halogens is 1. The zero-order chi connectivity index (χ0) is 16.4. The maximum atomic E-state index is 13.2. The number of thiazole rings is 1. The van der Waals surface area contributed by atoms with Gasteiger partial charge in [-0.3, -0.25) is 9.69 Å². The quantitative estimate of drug-likeness (QED) is 0.931. The second kappa shape index (κ2) is 6.90. The van der Waals surface area contributed by atoms with Gasteiger partial charge in [-0.15, -0.1) is 0 Å². The number of fused-ring (bicyclic) bond motifs is 1. The molecular weight excluding hydrogens is 315 g/mol. The minimum atomic E-state index is -0.291. The molecule has 3 rings (SSSR count). The molecule has 2 aromatic rings. The van der Waals surface area contributed by atoms with E-state index in [9.17, 15) is 9.18 Å². The van der Waals surface area contributed by atoms with Gasteiger partial charge in [-0.25, -0.2) is 9.37 Å². The fraction of sp³-hybridized carbons (Fsp3) is 0.500. The van der Waals surface area contributed by atoms with Crippen molar-refractivity contribution in [2.24, 2.45) is 0 Å². The zero-order valence-corrected chi connectivity index (χ0v) is 14.2. The topological polar surface area (TPSA) is 48.5 Å². The summed E-state index contributed by atoms with van der Waals surface area (Å²) in [5.41, 5.74) is 0.705. The number of nitrogens with one attached hydrogen (secondary N) is 1. The fourth-order valence-corrected chi connectivity index (χ4v) is 3.69. The maximum absolute atomic E-state index is 13.2. The summed E-state index contributed by atoms with van der Waals surface area (Å²) in [4.78, 5) is 21.3. The maximum Gasteiger partial charge on any atom is 0.243 e. The van der Waals surface area contributed by atoms with Gasteiger partial charge in [0.15, 0.2) is 5.13 Å². The van der Waals surface area contributed by atoms with E-state index in [2.05, 4.69) is 27.0 Å². The average Bonchev–Trinajstić information content (AvgIpc) is 2.95. The van der Waals surface area contributed by atoms with E-state index >= 15 is 0 Å². The minimum Gasteiger partial charge on any atom is -0.301 e. The zero-order valence-electron chi connectivity index (χ0n) is 13.4. The van der Waals surface area contributed by atoms with Crippen LogP contribution in [0.15, 0.2) is 18.2 Å². The van der Waals surface area contributed by atoms with E-state index in [0.29, 0.717) is 10.6 Å². The summed E-state index contributed by atoms with van der Waals surface area (Å²) >= 11 is 1.30. The van der Waals surface area contributed by atoms with Crippen molar-refractivity contribution in [2.45, 2.75) is 19.9 Å². The van der Waals surface area contributed by atoms with Crippen molar-refractivity contribution in [3.05, 3.63) is 24.0 Å². The first-order valence-electron chi connectivity index (χ1n) is 7.90. The molecule has 1 aromatic heterocycles.